The molecule has 2 aliphatic rings. The van der Waals surface area contributed by atoms with Crippen LogP contribution in [0.4, 0.5) is 0 Å². The number of nitrogens with one attached hydrogen (secondary N) is 1. The summed E-state index contributed by atoms with van der Waals surface area (Å²) in [7, 11) is 0. The Labute approximate surface area is 142 Å². The Bertz CT molecular complexity index is 480. The third-order valence-electron chi connectivity index (χ3n) is 4.90. The molecule has 1 aromatic rings. The van der Waals surface area contributed by atoms with Crippen molar-refractivity contribution in [1.82, 2.24) is 15.1 Å². The van der Waals surface area contributed by atoms with Gasteiger partial charge < -0.3 is 15.0 Å². The maximum absolute atomic E-state index is 11.4. The number of carbonyl (C=O) groups is 1. The van der Waals surface area contributed by atoms with Gasteiger partial charge in [0.15, 0.2) is 0 Å². The summed E-state index contributed by atoms with van der Waals surface area (Å²) in [6.45, 7) is 8.09. The first-order chi connectivity index (χ1) is 11.2. The Morgan fingerprint density at radius 2 is 2.09 bits per heavy atom. The molecule has 6 heteroatoms. The fourth-order valence-electron chi connectivity index (χ4n) is 3.46. The van der Waals surface area contributed by atoms with Crippen LogP contribution in [0.25, 0.3) is 0 Å². The molecule has 2 fully saturated rings. The average molecular weight is 337 g/mol. The Morgan fingerprint density at radius 1 is 1.35 bits per heavy atom. The van der Waals surface area contributed by atoms with Crippen LogP contribution in [-0.4, -0.2) is 67.7 Å². The van der Waals surface area contributed by atoms with E-state index >= 15 is 0 Å². The molecule has 0 aromatic carbocycles. The summed E-state index contributed by atoms with van der Waals surface area (Å²) in [6.07, 6.45) is 2.11. The molecule has 5 nitrogen and oxygen atoms in total. The van der Waals surface area contributed by atoms with E-state index in [0.29, 0.717) is 12.1 Å². The minimum atomic E-state index is 0.202. The van der Waals surface area contributed by atoms with Crippen molar-refractivity contribution in [3.05, 3.63) is 22.4 Å². The van der Waals surface area contributed by atoms with Crippen molar-refractivity contribution in [2.24, 2.45) is 0 Å². The molecule has 3 rings (SSSR count). The predicted octanol–water partition coefficient (Wildman–Crippen LogP) is 1.72. The summed E-state index contributed by atoms with van der Waals surface area (Å²) in [5.41, 5.74) is 0. The molecule has 0 aliphatic carbocycles. The summed E-state index contributed by atoms with van der Waals surface area (Å²) in [4.78, 5) is 17.3. The zero-order chi connectivity index (χ0) is 16.1. The lowest BCUT2D eigenvalue weighted by molar-refractivity contribution is -0.129. The number of hydrogen-bond acceptors (Lipinski definition) is 5. The van der Waals surface area contributed by atoms with Crippen molar-refractivity contribution in [3.63, 3.8) is 0 Å². The minimum Gasteiger partial charge on any atom is -0.379 e. The SMILES string of the molecule is CC(=O)N1CCC(NC[C@@H](c2cccs2)N2CCOCC2)CC1. The molecule has 0 spiro atoms. The third-order valence-corrected chi connectivity index (χ3v) is 5.87. The molecule has 1 atom stereocenters. The van der Waals surface area contributed by atoms with Gasteiger partial charge in [0, 0.05) is 50.6 Å². The highest BCUT2D eigenvalue weighted by molar-refractivity contribution is 7.10. The summed E-state index contributed by atoms with van der Waals surface area (Å²) in [5, 5.41) is 5.91. The number of amides is 1. The van der Waals surface area contributed by atoms with Crippen LogP contribution in [0.3, 0.4) is 0 Å². The second kappa shape index (κ2) is 8.24. The molecular weight excluding hydrogens is 310 g/mol. The van der Waals surface area contributed by atoms with E-state index in [-0.39, 0.29) is 5.91 Å². The smallest absolute Gasteiger partial charge is 0.219 e. The summed E-state index contributed by atoms with van der Waals surface area (Å²) in [5.74, 6) is 0.202. The quantitative estimate of drug-likeness (QED) is 0.889. The van der Waals surface area contributed by atoms with Crippen LogP contribution >= 0.6 is 11.3 Å². The van der Waals surface area contributed by atoms with Crippen molar-refractivity contribution >= 4 is 17.2 Å². The molecule has 23 heavy (non-hydrogen) atoms. The number of piperidine rings is 1. The maximum atomic E-state index is 11.4. The second-order valence-corrected chi connectivity index (χ2v) is 7.35. The number of ether oxygens (including phenoxy) is 1. The van der Waals surface area contributed by atoms with Crippen molar-refractivity contribution < 1.29 is 9.53 Å². The van der Waals surface area contributed by atoms with E-state index in [1.54, 1.807) is 6.92 Å². The van der Waals surface area contributed by atoms with Gasteiger partial charge in [-0.15, -0.1) is 11.3 Å². The van der Waals surface area contributed by atoms with Crippen LogP contribution in [0, 0.1) is 0 Å². The van der Waals surface area contributed by atoms with Crippen LogP contribution in [0.5, 0.6) is 0 Å². The standard InChI is InChI=1S/C17H27N3O2S/c1-14(21)19-6-4-15(5-7-19)18-13-16(17-3-2-12-23-17)20-8-10-22-11-9-20/h2-3,12,15-16,18H,4-11,13H2,1H3/t16-/m0/s1. The maximum Gasteiger partial charge on any atom is 0.219 e. The van der Waals surface area contributed by atoms with Gasteiger partial charge in [-0.25, -0.2) is 0 Å². The van der Waals surface area contributed by atoms with Crippen molar-refractivity contribution in [3.8, 4) is 0 Å². The van der Waals surface area contributed by atoms with Gasteiger partial charge in [-0.05, 0) is 24.3 Å². The van der Waals surface area contributed by atoms with Crippen LogP contribution in [0.2, 0.25) is 0 Å². The van der Waals surface area contributed by atoms with Crippen LogP contribution in [-0.2, 0) is 9.53 Å². The number of carbonyl (C=O) groups excluding carboxylic acids is 1. The largest absolute Gasteiger partial charge is 0.379 e. The number of hydrogen-bond donors (Lipinski definition) is 1. The topological polar surface area (TPSA) is 44.8 Å². The highest BCUT2D eigenvalue weighted by Crippen LogP contribution is 2.26. The zero-order valence-electron chi connectivity index (χ0n) is 13.9. The van der Waals surface area contributed by atoms with Crippen LogP contribution in [0.1, 0.15) is 30.7 Å². The first kappa shape index (κ1) is 16.9. The van der Waals surface area contributed by atoms with Gasteiger partial charge in [0.05, 0.1) is 19.3 Å². The van der Waals surface area contributed by atoms with E-state index in [9.17, 15) is 4.79 Å². The van der Waals surface area contributed by atoms with Gasteiger partial charge in [-0.3, -0.25) is 9.69 Å². The Kier molecular flexibility index (Phi) is 6.05. The lowest BCUT2D eigenvalue weighted by Crippen LogP contribution is -2.48. The molecule has 0 bridgehead atoms. The van der Waals surface area contributed by atoms with Crippen molar-refractivity contribution in [2.45, 2.75) is 31.8 Å². The summed E-state index contributed by atoms with van der Waals surface area (Å²) >= 11 is 1.84. The number of rotatable bonds is 5. The van der Waals surface area contributed by atoms with Crippen molar-refractivity contribution in [2.75, 3.05) is 45.9 Å². The van der Waals surface area contributed by atoms with Gasteiger partial charge in [0.1, 0.15) is 0 Å². The molecule has 2 aliphatic heterocycles. The number of morpholine rings is 1. The zero-order valence-corrected chi connectivity index (χ0v) is 14.7. The van der Waals surface area contributed by atoms with Gasteiger partial charge in [-0.2, -0.15) is 0 Å². The molecule has 128 valence electrons. The van der Waals surface area contributed by atoms with Gasteiger partial charge in [0.2, 0.25) is 5.91 Å². The van der Waals surface area contributed by atoms with E-state index in [1.165, 1.54) is 4.88 Å². The Morgan fingerprint density at radius 3 is 2.70 bits per heavy atom. The van der Waals surface area contributed by atoms with Gasteiger partial charge >= 0.3 is 0 Å². The number of thiophene rings is 1. The Balaban J connectivity index is 1.54. The van der Waals surface area contributed by atoms with Crippen LogP contribution < -0.4 is 5.32 Å². The van der Waals surface area contributed by atoms with Gasteiger partial charge in [0.25, 0.3) is 0 Å². The Hall–Kier alpha value is -0.950. The van der Waals surface area contributed by atoms with Crippen molar-refractivity contribution in [1.29, 1.82) is 0 Å². The molecule has 0 saturated carbocycles. The average Bonchev–Trinajstić information content (AvgIpc) is 3.11. The fraction of sp³-hybridized carbons (Fsp3) is 0.706. The molecule has 1 N–H and O–H groups in total. The first-order valence-electron chi connectivity index (χ1n) is 8.58. The number of nitrogens with zero attached hydrogens (tertiary/aromatic N) is 2. The predicted molar refractivity (Wildman–Crippen MR) is 92.7 cm³/mol. The molecular formula is C17H27N3O2S. The third kappa shape index (κ3) is 4.53. The van der Waals surface area contributed by atoms with E-state index in [1.807, 2.05) is 16.2 Å². The summed E-state index contributed by atoms with van der Waals surface area (Å²) < 4.78 is 5.50. The lowest BCUT2D eigenvalue weighted by Gasteiger charge is -2.36. The summed E-state index contributed by atoms with van der Waals surface area (Å²) in [6, 6.07) is 5.34. The van der Waals surface area contributed by atoms with E-state index in [0.717, 1.165) is 58.8 Å². The molecule has 1 amide bonds. The van der Waals surface area contributed by atoms with Crippen LogP contribution in [0.15, 0.2) is 17.5 Å². The van der Waals surface area contributed by atoms with E-state index in [4.69, 9.17) is 4.74 Å². The lowest BCUT2D eigenvalue weighted by atomic mass is 10.0. The molecule has 0 unspecified atom stereocenters. The minimum absolute atomic E-state index is 0.202. The molecule has 0 radical (unpaired) electrons. The highest BCUT2D eigenvalue weighted by atomic mass is 32.1. The fourth-order valence-corrected chi connectivity index (χ4v) is 4.32. The highest BCUT2D eigenvalue weighted by Gasteiger charge is 2.26. The molecule has 2 saturated heterocycles. The second-order valence-electron chi connectivity index (χ2n) is 6.37. The number of likely N-dealkylation sites (tertiary alicyclic amines) is 1. The van der Waals surface area contributed by atoms with Gasteiger partial charge in [-0.1, -0.05) is 6.07 Å². The first-order valence-corrected chi connectivity index (χ1v) is 9.46. The van der Waals surface area contributed by atoms with E-state index in [2.05, 4.69) is 27.7 Å². The molecule has 1 aromatic heterocycles. The normalized spacial score (nSPS) is 22.2. The van der Waals surface area contributed by atoms with E-state index < -0.39 is 0 Å². The monoisotopic (exact) mass is 337 g/mol. The molecule has 3 heterocycles.